The Bertz CT molecular complexity index is 1250. The standard InChI is InChI=1S/C24H27N9OS/c25-12-17-21(26)27-15-28-22(17)33-11-5-6-16(13-33)23-30-20(14-35-23)31-24(34)29-18-7-1-2-8-19(18)32-9-3-4-10-32/h1-2,7-8,14-16H,3-6,9-11,13H2,(H2,26,27,28)(H2,29,31,34). The van der Waals surface area contributed by atoms with Gasteiger partial charge in [0.15, 0.2) is 5.82 Å². The Labute approximate surface area is 207 Å². The molecule has 2 aromatic heterocycles. The van der Waals surface area contributed by atoms with Gasteiger partial charge in [-0.2, -0.15) is 5.26 Å². The maximum Gasteiger partial charge on any atom is 0.324 e. The summed E-state index contributed by atoms with van der Waals surface area (Å²) in [7, 11) is 0. The number of nitrogens with one attached hydrogen (secondary N) is 2. The number of nitrogens with zero attached hydrogens (tertiary/aromatic N) is 6. The SMILES string of the molecule is N#Cc1c(N)ncnc1N1CCCC(c2nc(NC(=O)Nc3ccccc3N3CCCC3)cs2)C1. The number of carbonyl (C=O) groups excluding carboxylic acids is 1. The van der Waals surface area contributed by atoms with Crippen LogP contribution < -0.4 is 26.2 Å². The van der Waals surface area contributed by atoms with Crippen LogP contribution in [-0.4, -0.2) is 47.2 Å². The molecule has 0 bridgehead atoms. The van der Waals surface area contributed by atoms with Crippen molar-refractivity contribution in [1.29, 1.82) is 5.26 Å². The van der Waals surface area contributed by atoms with E-state index in [2.05, 4.69) is 36.5 Å². The van der Waals surface area contributed by atoms with Crippen molar-refractivity contribution < 1.29 is 4.79 Å². The lowest BCUT2D eigenvalue weighted by Crippen LogP contribution is -2.35. The van der Waals surface area contributed by atoms with Crippen LogP contribution in [0.3, 0.4) is 0 Å². The highest BCUT2D eigenvalue weighted by atomic mass is 32.1. The van der Waals surface area contributed by atoms with Gasteiger partial charge in [0.25, 0.3) is 0 Å². The number of nitrogens with two attached hydrogens (primary N) is 1. The lowest BCUT2D eigenvalue weighted by molar-refractivity contribution is 0.262. The fraction of sp³-hybridized carbons (Fsp3) is 0.375. The molecule has 4 heterocycles. The molecular formula is C24H27N9OS. The number of rotatable bonds is 5. The molecule has 4 N–H and O–H groups in total. The minimum atomic E-state index is -0.311. The largest absolute Gasteiger partial charge is 0.382 e. The molecule has 2 fully saturated rings. The summed E-state index contributed by atoms with van der Waals surface area (Å²) in [5.41, 5.74) is 8.02. The van der Waals surface area contributed by atoms with Crippen LogP contribution in [0.2, 0.25) is 0 Å². The Morgan fingerprint density at radius 2 is 1.91 bits per heavy atom. The maximum atomic E-state index is 12.7. The number of nitriles is 1. The number of urea groups is 1. The van der Waals surface area contributed by atoms with Crippen molar-refractivity contribution in [2.45, 2.75) is 31.6 Å². The van der Waals surface area contributed by atoms with Gasteiger partial charge in [0.05, 0.1) is 16.4 Å². The van der Waals surface area contributed by atoms with Gasteiger partial charge in [0.2, 0.25) is 0 Å². The van der Waals surface area contributed by atoms with Crippen LogP contribution in [0.4, 0.5) is 33.6 Å². The van der Waals surface area contributed by atoms with Crippen LogP contribution in [0, 0.1) is 11.3 Å². The number of aromatic nitrogens is 3. The summed E-state index contributed by atoms with van der Waals surface area (Å²) in [5.74, 6) is 1.46. The first-order valence-corrected chi connectivity index (χ1v) is 12.6. The zero-order valence-electron chi connectivity index (χ0n) is 19.3. The van der Waals surface area contributed by atoms with E-state index in [-0.39, 0.29) is 17.8 Å². The number of amides is 2. The molecule has 35 heavy (non-hydrogen) atoms. The average molecular weight is 490 g/mol. The molecule has 1 atom stereocenters. The number of piperidine rings is 1. The lowest BCUT2D eigenvalue weighted by Gasteiger charge is -2.33. The van der Waals surface area contributed by atoms with E-state index in [0.29, 0.717) is 23.7 Å². The van der Waals surface area contributed by atoms with E-state index in [1.807, 2.05) is 29.6 Å². The summed E-state index contributed by atoms with van der Waals surface area (Å²) in [4.78, 5) is 30.0. The molecule has 2 aliphatic heterocycles. The maximum absolute atomic E-state index is 12.7. The Hall–Kier alpha value is -3.91. The quantitative estimate of drug-likeness (QED) is 0.489. The number of nitrogen functional groups attached to an aromatic ring is 1. The van der Waals surface area contributed by atoms with Gasteiger partial charge in [-0.25, -0.2) is 19.7 Å². The third kappa shape index (κ3) is 4.97. The predicted octanol–water partition coefficient (Wildman–Crippen LogP) is 4.02. The lowest BCUT2D eigenvalue weighted by atomic mass is 9.98. The van der Waals surface area contributed by atoms with Crippen molar-refractivity contribution >= 4 is 46.2 Å². The van der Waals surface area contributed by atoms with E-state index >= 15 is 0 Å². The molecule has 2 amide bonds. The van der Waals surface area contributed by atoms with Crippen LogP contribution in [0.5, 0.6) is 0 Å². The van der Waals surface area contributed by atoms with Crippen LogP contribution in [0.1, 0.15) is 42.2 Å². The van der Waals surface area contributed by atoms with E-state index in [4.69, 9.17) is 10.7 Å². The van der Waals surface area contributed by atoms with Gasteiger partial charge in [-0.15, -0.1) is 11.3 Å². The Balaban J connectivity index is 1.24. The van der Waals surface area contributed by atoms with E-state index in [9.17, 15) is 10.1 Å². The molecule has 0 aliphatic carbocycles. The first-order valence-electron chi connectivity index (χ1n) is 11.8. The Morgan fingerprint density at radius 1 is 1.11 bits per heavy atom. The summed E-state index contributed by atoms with van der Waals surface area (Å²) in [6.07, 6.45) is 5.64. The van der Waals surface area contributed by atoms with Gasteiger partial charge in [-0.05, 0) is 37.8 Å². The zero-order chi connectivity index (χ0) is 24.2. The second-order valence-corrected chi connectivity index (χ2v) is 9.61. The highest BCUT2D eigenvalue weighted by Gasteiger charge is 2.27. The summed E-state index contributed by atoms with van der Waals surface area (Å²) in [5, 5.41) is 18.2. The molecule has 0 saturated carbocycles. The number of benzene rings is 1. The van der Waals surface area contributed by atoms with Crippen LogP contribution in [-0.2, 0) is 0 Å². The smallest absolute Gasteiger partial charge is 0.324 e. The molecule has 2 aliphatic rings. The number of thiazole rings is 1. The monoisotopic (exact) mass is 489 g/mol. The second kappa shape index (κ2) is 10.1. The Morgan fingerprint density at radius 3 is 2.74 bits per heavy atom. The van der Waals surface area contributed by atoms with Crippen molar-refractivity contribution in [1.82, 2.24) is 15.0 Å². The highest BCUT2D eigenvalue weighted by molar-refractivity contribution is 7.10. The number of para-hydroxylation sites is 2. The number of anilines is 5. The van der Waals surface area contributed by atoms with E-state index in [1.54, 1.807) is 0 Å². The van der Waals surface area contributed by atoms with Crippen molar-refractivity contribution in [3.05, 3.63) is 46.5 Å². The summed E-state index contributed by atoms with van der Waals surface area (Å²) < 4.78 is 0. The average Bonchev–Trinajstić information content (AvgIpc) is 3.57. The number of carbonyl (C=O) groups is 1. The van der Waals surface area contributed by atoms with E-state index in [0.717, 1.165) is 48.9 Å². The highest BCUT2D eigenvalue weighted by Crippen LogP contribution is 2.34. The molecule has 0 radical (unpaired) electrons. The summed E-state index contributed by atoms with van der Waals surface area (Å²) >= 11 is 1.53. The molecule has 0 spiro atoms. The third-order valence-electron chi connectivity index (χ3n) is 6.40. The van der Waals surface area contributed by atoms with Crippen LogP contribution in [0.25, 0.3) is 0 Å². The van der Waals surface area contributed by atoms with E-state index in [1.165, 1.54) is 30.5 Å². The number of hydrogen-bond acceptors (Lipinski definition) is 9. The summed E-state index contributed by atoms with van der Waals surface area (Å²) in [6, 6.07) is 9.69. The number of hydrogen-bond donors (Lipinski definition) is 3. The normalized spacial score (nSPS) is 17.7. The van der Waals surface area contributed by atoms with Gasteiger partial charge in [-0.1, -0.05) is 12.1 Å². The second-order valence-electron chi connectivity index (χ2n) is 8.72. The first-order chi connectivity index (χ1) is 17.1. The summed E-state index contributed by atoms with van der Waals surface area (Å²) in [6.45, 7) is 3.47. The first kappa shape index (κ1) is 22.9. The fourth-order valence-electron chi connectivity index (χ4n) is 4.72. The van der Waals surface area contributed by atoms with E-state index < -0.39 is 0 Å². The minimum Gasteiger partial charge on any atom is -0.382 e. The molecule has 10 nitrogen and oxygen atoms in total. The van der Waals surface area contributed by atoms with Gasteiger partial charge >= 0.3 is 6.03 Å². The van der Waals surface area contributed by atoms with Crippen LogP contribution in [0.15, 0.2) is 36.0 Å². The third-order valence-corrected chi connectivity index (χ3v) is 7.41. The minimum absolute atomic E-state index is 0.172. The van der Waals surface area contributed by atoms with Crippen molar-refractivity contribution in [2.24, 2.45) is 0 Å². The van der Waals surface area contributed by atoms with Crippen molar-refractivity contribution in [2.75, 3.05) is 52.3 Å². The van der Waals surface area contributed by atoms with Gasteiger partial charge in [0.1, 0.15) is 29.6 Å². The van der Waals surface area contributed by atoms with Crippen LogP contribution >= 0.6 is 11.3 Å². The molecule has 1 aromatic carbocycles. The van der Waals surface area contributed by atoms with Gasteiger partial charge in [0, 0.05) is 37.5 Å². The molecule has 5 rings (SSSR count). The van der Waals surface area contributed by atoms with Crippen molar-refractivity contribution in [3.8, 4) is 6.07 Å². The fourth-order valence-corrected chi connectivity index (χ4v) is 5.60. The molecule has 11 heteroatoms. The van der Waals surface area contributed by atoms with Gasteiger partial charge in [-0.3, -0.25) is 5.32 Å². The molecule has 180 valence electrons. The molecule has 3 aromatic rings. The molecule has 1 unspecified atom stereocenters. The molecule has 2 saturated heterocycles. The predicted molar refractivity (Wildman–Crippen MR) is 138 cm³/mol. The molecular weight excluding hydrogens is 462 g/mol. The Kier molecular flexibility index (Phi) is 6.63. The zero-order valence-corrected chi connectivity index (χ0v) is 20.1. The van der Waals surface area contributed by atoms with Gasteiger partial charge < -0.3 is 20.9 Å². The van der Waals surface area contributed by atoms with Crippen molar-refractivity contribution in [3.63, 3.8) is 0 Å². The topological polar surface area (TPSA) is 136 Å².